The van der Waals surface area contributed by atoms with Crippen LogP contribution in [0.25, 0.3) is 0 Å². The van der Waals surface area contributed by atoms with Crippen molar-refractivity contribution in [3.05, 3.63) is 29.8 Å². The van der Waals surface area contributed by atoms with E-state index in [-0.39, 0.29) is 10.5 Å². The number of hydrogen-bond acceptors (Lipinski definition) is 3. The zero-order valence-electron chi connectivity index (χ0n) is 15.6. The van der Waals surface area contributed by atoms with Crippen LogP contribution in [0.4, 0.5) is 13.2 Å². The maximum absolute atomic E-state index is 13.4. The fourth-order valence-electron chi connectivity index (χ4n) is 2.72. The lowest BCUT2D eigenvalue weighted by atomic mass is 9.74. The zero-order chi connectivity index (χ0) is 21.1. The first-order chi connectivity index (χ1) is 12.2. The molecule has 0 saturated carbocycles. The van der Waals surface area contributed by atoms with Gasteiger partial charge in [-0.1, -0.05) is 32.0 Å². The molecule has 0 aliphatic carbocycles. The van der Waals surface area contributed by atoms with Gasteiger partial charge in [-0.15, -0.1) is 16.7 Å². The quantitative estimate of drug-likeness (QED) is 0.431. The molecule has 0 aromatic heterocycles. The van der Waals surface area contributed by atoms with Crippen molar-refractivity contribution in [2.24, 2.45) is 4.40 Å². The molecule has 0 radical (unpaired) electrons. The summed E-state index contributed by atoms with van der Waals surface area (Å²) in [5, 5.41) is 10.2. The number of halogens is 3. The highest BCUT2D eigenvalue weighted by Crippen LogP contribution is 2.44. The van der Waals surface area contributed by atoms with Crippen molar-refractivity contribution >= 4 is 16.4 Å². The van der Waals surface area contributed by atoms with Crippen molar-refractivity contribution in [2.45, 2.75) is 48.8 Å². The maximum Gasteiger partial charge on any atom is 0.418 e. The number of rotatable bonds is 7. The Morgan fingerprint density at radius 1 is 1.26 bits per heavy atom. The smallest absolute Gasteiger partial charge is 0.380 e. The van der Waals surface area contributed by atoms with Crippen LogP contribution in [0.5, 0.6) is 0 Å². The zero-order valence-corrected chi connectivity index (χ0v) is 16.4. The highest BCUT2D eigenvalue weighted by atomic mass is 32.2. The van der Waals surface area contributed by atoms with E-state index in [0.29, 0.717) is 0 Å². The SMILES string of the molecule is C#CCC(O)(CC(C)(C)c1ccccc1S(=O)(=O)N=CN(C)C)C(F)(F)F. The summed E-state index contributed by atoms with van der Waals surface area (Å²) < 4.78 is 68.8. The van der Waals surface area contributed by atoms with Crippen molar-refractivity contribution in [1.29, 1.82) is 0 Å². The van der Waals surface area contributed by atoms with Crippen molar-refractivity contribution in [2.75, 3.05) is 14.1 Å². The summed E-state index contributed by atoms with van der Waals surface area (Å²) in [4.78, 5) is 1.19. The molecule has 0 aliphatic rings. The van der Waals surface area contributed by atoms with Gasteiger partial charge in [-0.25, -0.2) is 0 Å². The summed E-state index contributed by atoms with van der Waals surface area (Å²) in [6, 6.07) is 5.65. The predicted octanol–water partition coefficient (Wildman–Crippen LogP) is 2.95. The molecule has 1 unspecified atom stereocenters. The van der Waals surface area contributed by atoms with Gasteiger partial charge < -0.3 is 10.0 Å². The van der Waals surface area contributed by atoms with E-state index in [0.717, 1.165) is 6.34 Å². The number of nitrogens with zero attached hydrogens (tertiary/aromatic N) is 2. The fraction of sp³-hybridized carbons (Fsp3) is 0.500. The molecule has 1 N–H and O–H groups in total. The molecule has 1 aromatic carbocycles. The Kier molecular flexibility index (Phi) is 6.73. The van der Waals surface area contributed by atoms with E-state index >= 15 is 0 Å². The molecule has 150 valence electrons. The highest BCUT2D eigenvalue weighted by Gasteiger charge is 2.55. The summed E-state index contributed by atoms with van der Waals surface area (Å²) in [5.74, 6) is 1.85. The minimum absolute atomic E-state index is 0.112. The van der Waals surface area contributed by atoms with Gasteiger partial charge in [0.2, 0.25) is 0 Å². The lowest BCUT2D eigenvalue weighted by molar-refractivity contribution is -0.264. The second-order valence-electron chi connectivity index (χ2n) is 7.13. The lowest BCUT2D eigenvalue weighted by Crippen LogP contribution is -2.49. The Bertz CT molecular complexity index is 840. The van der Waals surface area contributed by atoms with Crippen molar-refractivity contribution in [1.82, 2.24) is 4.90 Å². The normalized spacial score (nSPS) is 15.4. The lowest BCUT2D eigenvalue weighted by Gasteiger charge is -2.37. The van der Waals surface area contributed by atoms with Crippen LogP contribution in [0.3, 0.4) is 0 Å². The van der Waals surface area contributed by atoms with Gasteiger partial charge in [0.25, 0.3) is 10.0 Å². The van der Waals surface area contributed by atoms with Gasteiger partial charge in [0.1, 0.15) is 6.34 Å². The monoisotopic (exact) mass is 404 g/mol. The number of sulfonamides is 1. The molecule has 9 heteroatoms. The van der Waals surface area contributed by atoms with E-state index in [9.17, 15) is 26.7 Å². The molecule has 0 bridgehead atoms. The molecule has 5 nitrogen and oxygen atoms in total. The second kappa shape index (κ2) is 7.90. The summed E-state index contributed by atoms with van der Waals surface area (Å²) >= 11 is 0. The maximum atomic E-state index is 13.4. The molecule has 27 heavy (non-hydrogen) atoms. The van der Waals surface area contributed by atoms with Crippen molar-refractivity contribution in [3.8, 4) is 12.3 Å². The van der Waals surface area contributed by atoms with Crippen LogP contribution < -0.4 is 0 Å². The second-order valence-corrected chi connectivity index (χ2v) is 8.73. The molecule has 1 aromatic rings. The van der Waals surface area contributed by atoms with E-state index in [1.807, 2.05) is 5.92 Å². The molecule has 0 heterocycles. The van der Waals surface area contributed by atoms with E-state index in [1.165, 1.54) is 43.0 Å². The Hall–Kier alpha value is -2.05. The summed E-state index contributed by atoms with van der Waals surface area (Å²) in [6.07, 6.45) is -0.617. The molecule has 0 amide bonds. The summed E-state index contributed by atoms with van der Waals surface area (Å²) in [6.45, 7) is 2.84. The Labute approximate surface area is 158 Å². The third-order valence-electron chi connectivity index (χ3n) is 3.97. The van der Waals surface area contributed by atoms with Crippen LogP contribution in [0, 0.1) is 12.3 Å². The van der Waals surface area contributed by atoms with E-state index in [2.05, 4.69) is 4.40 Å². The fourth-order valence-corrected chi connectivity index (χ4v) is 4.02. The third-order valence-corrected chi connectivity index (χ3v) is 5.25. The minimum atomic E-state index is -4.96. The summed E-state index contributed by atoms with van der Waals surface area (Å²) in [7, 11) is -0.985. The van der Waals surface area contributed by atoms with Crippen molar-refractivity contribution < 1.29 is 26.7 Å². The topological polar surface area (TPSA) is 70.0 Å². The number of terminal acetylenes is 1. The van der Waals surface area contributed by atoms with Gasteiger partial charge in [-0.2, -0.15) is 21.6 Å². The minimum Gasteiger partial charge on any atom is -0.380 e. The molecule has 1 rings (SSSR count). The Morgan fingerprint density at radius 3 is 2.30 bits per heavy atom. The molecule has 0 spiro atoms. The predicted molar refractivity (Wildman–Crippen MR) is 97.9 cm³/mol. The van der Waals surface area contributed by atoms with E-state index < -0.39 is 40.1 Å². The first-order valence-corrected chi connectivity index (χ1v) is 9.39. The van der Waals surface area contributed by atoms with Crippen LogP contribution in [-0.4, -0.2) is 50.6 Å². The van der Waals surface area contributed by atoms with Gasteiger partial charge in [-0.05, 0) is 23.5 Å². The van der Waals surface area contributed by atoms with Crippen LogP contribution >= 0.6 is 0 Å². The third kappa shape index (κ3) is 5.47. The van der Waals surface area contributed by atoms with Gasteiger partial charge >= 0.3 is 6.18 Å². The largest absolute Gasteiger partial charge is 0.418 e. The first kappa shape index (κ1) is 23.0. The summed E-state index contributed by atoms with van der Waals surface area (Å²) in [5.41, 5.74) is -4.39. The Morgan fingerprint density at radius 2 is 1.81 bits per heavy atom. The van der Waals surface area contributed by atoms with Gasteiger partial charge in [0, 0.05) is 20.5 Å². The van der Waals surface area contributed by atoms with Gasteiger partial charge in [-0.3, -0.25) is 0 Å². The number of aliphatic hydroxyl groups is 1. The highest BCUT2D eigenvalue weighted by molar-refractivity contribution is 7.90. The first-order valence-electron chi connectivity index (χ1n) is 7.95. The molecule has 1 atom stereocenters. The number of hydrogen-bond donors (Lipinski definition) is 1. The average molecular weight is 404 g/mol. The number of benzene rings is 1. The molecule has 0 saturated heterocycles. The van der Waals surface area contributed by atoms with Crippen LogP contribution in [0.2, 0.25) is 0 Å². The van der Waals surface area contributed by atoms with Crippen LogP contribution in [-0.2, 0) is 15.4 Å². The van der Waals surface area contributed by atoms with Gasteiger partial charge in [0.15, 0.2) is 5.60 Å². The Balaban J connectivity index is 3.47. The molecular weight excluding hydrogens is 381 g/mol. The van der Waals surface area contributed by atoms with Crippen molar-refractivity contribution in [3.63, 3.8) is 0 Å². The van der Waals surface area contributed by atoms with E-state index in [4.69, 9.17) is 6.42 Å². The molecule has 0 fully saturated rings. The van der Waals surface area contributed by atoms with Crippen LogP contribution in [0.15, 0.2) is 33.6 Å². The number of alkyl halides is 3. The molecule has 0 aliphatic heterocycles. The average Bonchev–Trinajstić information content (AvgIpc) is 2.52. The van der Waals surface area contributed by atoms with E-state index in [1.54, 1.807) is 14.1 Å². The van der Waals surface area contributed by atoms with Crippen LogP contribution in [0.1, 0.15) is 32.3 Å². The molecular formula is C18H23F3N2O3S. The standard InChI is InChI=1S/C18H23F3N2O3S/c1-6-11-17(24,18(19,20)21)12-16(2,3)14-9-7-8-10-15(14)27(25,26)22-13-23(4)5/h1,7-10,13,24H,11-12H2,2-5H3. The van der Waals surface area contributed by atoms with Gasteiger partial charge in [0.05, 0.1) is 4.90 Å².